The minimum atomic E-state index is -4.75. The predicted octanol–water partition coefficient (Wildman–Crippen LogP) is 4.41. The topological polar surface area (TPSA) is 51.7 Å². The third kappa shape index (κ3) is 4.30. The highest BCUT2D eigenvalue weighted by Gasteiger charge is 2.54. The van der Waals surface area contributed by atoms with Gasteiger partial charge in [0.25, 0.3) is 5.91 Å². The molecule has 2 fully saturated rings. The van der Waals surface area contributed by atoms with E-state index in [2.05, 4.69) is 4.98 Å². The molecule has 0 radical (unpaired) electrons. The highest BCUT2D eigenvalue weighted by atomic mass is 19.4. The highest BCUT2D eigenvalue weighted by molar-refractivity contribution is 5.94. The maximum atomic E-state index is 13.7. The molecule has 2 unspecified atom stereocenters. The molecule has 2 atom stereocenters. The van der Waals surface area contributed by atoms with Crippen molar-refractivity contribution in [2.75, 3.05) is 26.3 Å². The van der Waals surface area contributed by atoms with Crippen LogP contribution in [0.1, 0.15) is 41.9 Å². The normalized spacial score (nSPS) is 23.3. The minimum Gasteiger partial charge on any atom is -0.490 e. The van der Waals surface area contributed by atoms with Crippen LogP contribution in [0.4, 0.5) is 17.6 Å². The second-order valence-electron chi connectivity index (χ2n) is 8.89. The number of carbonyl (C=O) groups is 1. The minimum absolute atomic E-state index is 0.103. The van der Waals surface area contributed by atoms with Crippen molar-refractivity contribution in [3.8, 4) is 5.75 Å². The molecule has 9 heteroatoms. The molecule has 5 nitrogen and oxygen atoms in total. The van der Waals surface area contributed by atoms with Crippen molar-refractivity contribution >= 4 is 5.91 Å². The summed E-state index contributed by atoms with van der Waals surface area (Å²) in [5, 5.41) is 0. The van der Waals surface area contributed by atoms with Gasteiger partial charge in [0.15, 0.2) is 0 Å². The van der Waals surface area contributed by atoms with Crippen LogP contribution in [0.3, 0.4) is 0 Å². The zero-order valence-corrected chi connectivity index (χ0v) is 17.8. The maximum Gasteiger partial charge on any atom is 0.419 e. The predicted molar refractivity (Wildman–Crippen MR) is 108 cm³/mol. The number of halogens is 4. The van der Waals surface area contributed by atoms with Crippen LogP contribution in [0.2, 0.25) is 0 Å². The largest absolute Gasteiger partial charge is 0.490 e. The molecule has 172 valence electrons. The zero-order chi connectivity index (χ0) is 23.1. The average Bonchev–Trinajstić information content (AvgIpc) is 2.72. The van der Waals surface area contributed by atoms with Gasteiger partial charge in [-0.25, -0.2) is 4.39 Å². The van der Waals surface area contributed by atoms with Crippen LogP contribution in [-0.2, 0) is 16.3 Å². The molecule has 4 rings (SSSR count). The molecule has 2 aliphatic heterocycles. The van der Waals surface area contributed by atoms with Crippen LogP contribution in [0, 0.1) is 0 Å². The number of likely N-dealkylation sites (tertiary alicyclic amines) is 1. The second kappa shape index (κ2) is 8.03. The Morgan fingerprint density at radius 1 is 1.25 bits per heavy atom. The molecule has 0 saturated carbocycles. The van der Waals surface area contributed by atoms with Crippen LogP contribution in [0.15, 0.2) is 42.6 Å². The summed E-state index contributed by atoms with van der Waals surface area (Å²) in [6, 6.07) is 8.78. The van der Waals surface area contributed by atoms with E-state index in [9.17, 15) is 22.4 Å². The van der Waals surface area contributed by atoms with Crippen molar-refractivity contribution < 1.29 is 31.8 Å². The summed E-state index contributed by atoms with van der Waals surface area (Å²) < 4.78 is 65.2. The first-order valence-corrected chi connectivity index (χ1v) is 10.3. The van der Waals surface area contributed by atoms with Crippen LogP contribution >= 0.6 is 0 Å². The Kier molecular flexibility index (Phi) is 5.65. The summed E-state index contributed by atoms with van der Waals surface area (Å²) in [6.45, 7) is 3.04. The lowest BCUT2D eigenvalue weighted by Gasteiger charge is -2.54. The van der Waals surface area contributed by atoms with Crippen molar-refractivity contribution in [3.05, 3.63) is 59.4 Å². The lowest BCUT2D eigenvalue weighted by atomic mass is 9.70. The van der Waals surface area contributed by atoms with Crippen LogP contribution in [0.5, 0.6) is 5.75 Å². The van der Waals surface area contributed by atoms with Gasteiger partial charge in [-0.15, -0.1) is 0 Å². The molecule has 0 bridgehead atoms. The number of hydrogen-bond acceptors (Lipinski definition) is 4. The molecule has 32 heavy (non-hydrogen) atoms. The lowest BCUT2D eigenvalue weighted by Crippen LogP contribution is -2.65. The average molecular weight is 452 g/mol. The fraction of sp³-hybridized carbons (Fsp3) is 0.478. The van der Waals surface area contributed by atoms with E-state index in [1.54, 1.807) is 6.20 Å². The van der Waals surface area contributed by atoms with Gasteiger partial charge >= 0.3 is 6.18 Å². The highest BCUT2D eigenvalue weighted by Crippen LogP contribution is 2.44. The summed E-state index contributed by atoms with van der Waals surface area (Å²) in [5.41, 5.74) is -2.37. The van der Waals surface area contributed by atoms with Crippen LogP contribution in [0.25, 0.3) is 0 Å². The third-order valence-corrected chi connectivity index (χ3v) is 5.94. The summed E-state index contributed by atoms with van der Waals surface area (Å²) in [6.07, 6.45) is -2.69. The fourth-order valence-electron chi connectivity index (χ4n) is 4.14. The van der Waals surface area contributed by atoms with E-state index in [4.69, 9.17) is 9.47 Å². The van der Waals surface area contributed by atoms with Gasteiger partial charge in [0, 0.05) is 24.8 Å². The number of hydrogen-bond donors (Lipinski definition) is 0. The molecule has 2 saturated heterocycles. The van der Waals surface area contributed by atoms with Gasteiger partial charge in [0.05, 0.1) is 29.4 Å². The van der Waals surface area contributed by atoms with Gasteiger partial charge in [-0.2, -0.15) is 13.2 Å². The van der Waals surface area contributed by atoms with Crippen molar-refractivity contribution in [2.24, 2.45) is 0 Å². The fourth-order valence-corrected chi connectivity index (χ4v) is 4.14. The van der Waals surface area contributed by atoms with E-state index in [0.29, 0.717) is 19.6 Å². The van der Waals surface area contributed by atoms with E-state index in [-0.39, 0.29) is 23.6 Å². The monoisotopic (exact) mass is 452 g/mol. The van der Waals surface area contributed by atoms with Crippen molar-refractivity contribution in [3.63, 3.8) is 0 Å². The molecule has 0 aliphatic carbocycles. The Morgan fingerprint density at radius 2 is 2.03 bits per heavy atom. The lowest BCUT2D eigenvalue weighted by molar-refractivity contribution is -0.169. The molecular formula is C23H24F4N2O3. The Morgan fingerprint density at radius 3 is 2.59 bits per heavy atom. The second-order valence-corrected chi connectivity index (χ2v) is 8.89. The summed E-state index contributed by atoms with van der Waals surface area (Å²) in [5.74, 6) is -1.02. The van der Waals surface area contributed by atoms with Gasteiger partial charge in [-0.05, 0) is 50.6 Å². The Balaban J connectivity index is 1.53. The van der Waals surface area contributed by atoms with E-state index in [1.165, 1.54) is 24.8 Å². The first-order valence-electron chi connectivity index (χ1n) is 10.3. The molecule has 1 amide bonds. The maximum absolute atomic E-state index is 13.7. The van der Waals surface area contributed by atoms with Gasteiger partial charge in [-0.3, -0.25) is 9.78 Å². The van der Waals surface area contributed by atoms with Crippen LogP contribution in [-0.4, -0.2) is 53.9 Å². The zero-order valence-electron chi connectivity index (χ0n) is 17.8. The number of pyridine rings is 1. The Labute approximate surface area is 183 Å². The molecule has 0 spiro atoms. The van der Waals surface area contributed by atoms with Crippen molar-refractivity contribution in [1.29, 1.82) is 0 Å². The Hall–Kier alpha value is -2.68. The van der Waals surface area contributed by atoms with E-state index in [1.807, 2.05) is 18.2 Å². The number of carbonyl (C=O) groups excluding carboxylic acids is 1. The molecular weight excluding hydrogens is 428 g/mol. The first-order chi connectivity index (χ1) is 15.0. The molecule has 0 N–H and O–H groups in total. The molecule has 2 aliphatic rings. The van der Waals surface area contributed by atoms with E-state index in [0.717, 1.165) is 17.8 Å². The number of alkyl halides is 4. The van der Waals surface area contributed by atoms with Gasteiger partial charge < -0.3 is 14.4 Å². The van der Waals surface area contributed by atoms with Gasteiger partial charge in [0.1, 0.15) is 18.0 Å². The standard InChI is InChI=1S/C23H24F4N2O3/c1-21(2,24)13-31-17-7-6-15(11-16(17)23(25,26)27)20(30)29-10-8-22(14-32-19(22)12-29)18-5-3-4-9-28-18/h3-7,9,11,19H,8,10,12-14H2,1-2H3. The number of aromatic nitrogens is 1. The quantitative estimate of drug-likeness (QED) is 0.631. The third-order valence-electron chi connectivity index (χ3n) is 5.94. The molecule has 1 aromatic carbocycles. The first kappa shape index (κ1) is 22.5. The summed E-state index contributed by atoms with van der Waals surface area (Å²) in [7, 11) is 0. The molecule has 3 heterocycles. The van der Waals surface area contributed by atoms with E-state index < -0.39 is 35.7 Å². The van der Waals surface area contributed by atoms with E-state index >= 15 is 0 Å². The summed E-state index contributed by atoms with van der Waals surface area (Å²) >= 11 is 0. The van der Waals surface area contributed by atoms with Crippen LogP contribution < -0.4 is 4.74 Å². The van der Waals surface area contributed by atoms with Gasteiger partial charge in [0.2, 0.25) is 0 Å². The number of amides is 1. The number of benzene rings is 1. The number of rotatable bonds is 5. The summed E-state index contributed by atoms with van der Waals surface area (Å²) in [4.78, 5) is 19.0. The number of piperidine rings is 1. The van der Waals surface area contributed by atoms with Gasteiger partial charge in [-0.1, -0.05) is 6.07 Å². The van der Waals surface area contributed by atoms with Crippen molar-refractivity contribution in [2.45, 2.75) is 43.6 Å². The smallest absolute Gasteiger partial charge is 0.419 e. The molecule has 2 aromatic rings. The molecule has 1 aromatic heterocycles. The SMILES string of the molecule is CC(C)(F)COc1ccc(C(=O)N2CCC3(c4ccccn4)COC3C2)cc1C(F)(F)F. The number of ether oxygens (including phenoxy) is 2. The number of fused-ring (bicyclic) bond motifs is 1. The van der Waals surface area contributed by atoms with Crippen molar-refractivity contribution in [1.82, 2.24) is 9.88 Å². The Bertz CT molecular complexity index is 991. The number of nitrogens with zero attached hydrogens (tertiary/aromatic N) is 2.